The third-order valence-electron chi connectivity index (χ3n) is 4.00. The number of hydrogen-bond donors (Lipinski definition) is 1. The average Bonchev–Trinajstić information content (AvgIpc) is 3.21. The highest BCUT2D eigenvalue weighted by Gasteiger charge is 2.10. The molecule has 0 saturated heterocycles. The molecule has 0 bridgehead atoms. The molecule has 7 heteroatoms. The number of hydrogen-bond acceptors (Lipinski definition) is 5. The van der Waals surface area contributed by atoms with Gasteiger partial charge in [0, 0.05) is 43.5 Å². The van der Waals surface area contributed by atoms with Gasteiger partial charge in [0.25, 0.3) is 0 Å². The van der Waals surface area contributed by atoms with Crippen molar-refractivity contribution < 1.29 is 9.32 Å². The Morgan fingerprint density at radius 2 is 2.00 bits per heavy atom. The molecule has 3 heterocycles. The monoisotopic (exact) mass is 339 g/mol. The van der Waals surface area contributed by atoms with Crippen LogP contribution in [0.4, 0.5) is 0 Å². The lowest BCUT2D eigenvalue weighted by atomic mass is 10.3. The molecule has 0 spiro atoms. The first kappa shape index (κ1) is 16.9. The molecule has 0 radical (unpaired) electrons. The SMILES string of the molecule is Cc1ccc(C)n1CCC(=O)NCCc1nc(-c2ccccn2)no1. The first-order valence-electron chi connectivity index (χ1n) is 8.27. The van der Waals surface area contributed by atoms with Crippen LogP contribution >= 0.6 is 0 Å². The van der Waals surface area contributed by atoms with Crippen LogP contribution in [-0.4, -0.2) is 32.1 Å². The lowest BCUT2D eigenvalue weighted by molar-refractivity contribution is -0.121. The minimum absolute atomic E-state index is 0.0111. The molecular formula is C18H21N5O2. The molecule has 0 aromatic carbocycles. The smallest absolute Gasteiger partial charge is 0.228 e. The van der Waals surface area contributed by atoms with Crippen molar-refractivity contribution in [2.45, 2.75) is 33.2 Å². The molecule has 3 rings (SSSR count). The number of aryl methyl sites for hydroxylation is 2. The van der Waals surface area contributed by atoms with Crippen LogP contribution < -0.4 is 5.32 Å². The van der Waals surface area contributed by atoms with Gasteiger partial charge in [-0.2, -0.15) is 4.98 Å². The number of amides is 1. The maximum absolute atomic E-state index is 12.0. The summed E-state index contributed by atoms with van der Waals surface area (Å²) in [6.07, 6.45) is 2.62. The highest BCUT2D eigenvalue weighted by molar-refractivity contribution is 5.75. The first-order valence-corrected chi connectivity index (χ1v) is 8.27. The van der Waals surface area contributed by atoms with Gasteiger partial charge in [0.15, 0.2) is 0 Å². The van der Waals surface area contributed by atoms with E-state index in [0.717, 1.165) is 0 Å². The number of nitrogens with zero attached hydrogens (tertiary/aromatic N) is 4. The molecule has 0 aliphatic rings. The minimum Gasteiger partial charge on any atom is -0.356 e. The molecule has 3 aromatic heterocycles. The predicted octanol–water partition coefficient (Wildman–Crippen LogP) is 2.30. The molecule has 130 valence electrons. The molecule has 0 atom stereocenters. The highest BCUT2D eigenvalue weighted by Crippen LogP contribution is 2.12. The second-order valence-corrected chi connectivity index (χ2v) is 5.84. The lowest BCUT2D eigenvalue weighted by Gasteiger charge is -2.09. The fourth-order valence-electron chi connectivity index (χ4n) is 2.62. The van der Waals surface area contributed by atoms with E-state index in [2.05, 4.69) is 37.1 Å². The molecule has 0 aliphatic carbocycles. The zero-order chi connectivity index (χ0) is 17.6. The molecule has 25 heavy (non-hydrogen) atoms. The summed E-state index contributed by atoms with van der Waals surface area (Å²) in [5.41, 5.74) is 3.00. The zero-order valence-electron chi connectivity index (χ0n) is 14.4. The van der Waals surface area contributed by atoms with Crippen molar-refractivity contribution in [3.8, 4) is 11.5 Å². The summed E-state index contributed by atoms with van der Waals surface area (Å²) >= 11 is 0. The largest absolute Gasteiger partial charge is 0.356 e. The van der Waals surface area contributed by atoms with Crippen molar-refractivity contribution >= 4 is 5.91 Å². The van der Waals surface area contributed by atoms with Gasteiger partial charge >= 0.3 is 0 Å². The topological polar surface area (TPSA) is 85.8 Å². The van der Waals surface area contributed by atoms with Crippen LogP contribution in [0.1, 0.15) is 23.7 Å². The van der Waals surface area contributed by atoms with Crippen molar-refractivity contribution in [3.05, 3.63) is 53.8 Å². The van der Waals surface area contributed by atoms with Gasteiger partial charge in [-0.15, -0.1) is 0 Å². The molecule has 1 N–H and O–H groups in total. The zero-order valence-corrected chi connectivity index (χ0v) is 14.4. The van der Waals surface area contributed by atoms with E-state index >= 15 is 0 Å². The summed E-state index contributed by atoms with van der Waals surface area (Å²) in [6.45, 7) is 5.23. The molecule has 0 saturated carbocycles. The van der Waals surface area contributed by atoms with Gasteiger partial charge < -0.3 is 14.4 Å². The second kappa shape index (κ2) is 7.74. The van der Waals surface area contributed by atoms with Crippen molar-refractivity contribution in [1.29, 1.82) is 0 Å². The predicted molar refractivity (Wildman–Crippen MR) is 92.8 cm³/mol. The van der Waals surface area contributed by atoms with Gasteiger partial charge in [-0.25, -0.2) is 0 Å². The Morgan fingerprint density at radius 1 is 1.20 bits per heavy atom. The number of nitrogens with one attached hydrogen (secondary N) is 1. The summed E-state index contributed by atoms with van der Waals surface area (Å²) in [4.78, 5) is 20.4. The fraction of sp³-hybridized carbons (Fsp3) is 0.333. The Balaban J connectivity index is 1.44. The van der Waals surface area contributed by atoms with Gasteiger partial charge in [0.05, 0.1) is 0 Å². The molecule has 0 aliphatic heterocycles. The second-order valence-electron chi connectivity index (χ2n) is 5.84. The Hall–Kier alpha value is -2.96. The van der Waals surface area contributed by atoms with E-state index in [9.17, 15) is 4.79 Å². The van der Waals surface area contributed by atoms with E-state index in [-0.39, 0.29) is 5.91 Å². The summed E-state index contributed by atoms with van der Waals surface area (Å²) in [6, 6.07) is 9.63. The van der Waals surface area contributed by atoms with Crippen LogP contribution in [0.15, 0.2) is 41.1 Å². The van der Waals surface area contributed by atoms with Gasteiger partial charge in [-0.3, -0.25) is 9.78 Å². The van der Waals surface area contributed by atoms with Gasteiger partial charge in [0.2, 0.25) is 17.6 Å². The van der Waals surface area contributed by atoms with Crippen molar-refractivity contribution in [2.24, 2.45) is 0 Å². The van der Waals surface area contributed by atoms with Gasteiger partial charge in [-0.1, -0.05) is 11.2 Å². The lowest BCUT2D eigenvalue weighted by Crippen LogP contribution is -2.26. The maximum Gasteiger partial charge on any atom is 0.228 e. The molecule has 7 nitrogen and oxygen atoms in total. The third kappa shape index (κ3) is 4.32. The quantitative estimate of drug-likeness (QED) is 0.714. The van der Waals surface area contributed by atoms with Crippen LogP contribution in [0.5, 0.6) is 0 Å². The van der Waals surface area contributed by atoms with E-state index < -0.39 is 0 Å². The minimum atomic E-state index is 0.0111. The Morgan fingerprint density at radius 3 is 2.72 bits per heavy atom. The molecular weight excluding hydrogens is 318 g/mol. The third-order valence-corrected chi connectivity index (χ3v) is 4.00. The fourth-order valence-corrected chi connectivity index (χ4v) is 2.62. The van der Waals surface area contributed by atoms with E-state index in [1.54, 1.807) is 6.20 Å². The van der Waals surface area contributed by atoms with Gasteiger partial charge in [0.1, 0.15) is 5.69 Å². The van der Waals surface area contributed by atoms with Crippen molar-refractivity contribution in [3.63, 3.8) is 0 Å². The summed E-state index contributed by atoms with van der Waals surface area (Å²) in [5.74, 6) is 0.954. The summed E-state index contributed by atoms with van der Waals surface area (Å²) < 4.78 is 7.33. The molecule has 0 fully saturated rings. The Bertz CT molecular complexity index is 819. The van der Waals surface area contributed by atoms with E-state index in [0.29, 0.717) is 43.3 Å². The molecule has 3 aromatic rings. The number of pyridine rings is 1. The first-order chi connectivity index (χ1) is 12.1. The van der Waals surface area contributed by atoms with E-state index in [4.69, 9.17) is 4.52 Å². The van der Waals surface area contributed by atoms with Crippen LogP contribution in [0, 0.1) is 13.8 Å². The summed E-state index contributed by atoms with van der Waals surface area (Å²) in [7, 11) is 0. The summed E-state index contributed by atoms with van der Waals surface area (Å²) in [5, 5.41) is 6.79. The average molecular weight is 339 g/mol. The number of carbonyl (C=O) groups is 1. The maximum atomic E-state index is 12.0. The van der Waals surface area contributed by atoms with Crippen LogP contribution in [0.25, 0.3) is 11.5 Å². The normalized spacial score (nSPS) is 10.8. The molecule has 0 unspecified atom stereocenters. The van der Waals surface area contributed by atoms with Crippen LogP contribution in [0.3, 0.4) is 0 Å². The standard InChI is InChI=1S/C18H21N5O2/c1-13-6-7-14(2)23(13)12-9-16(24)20-11-8-17-21-18(22-25-17)15-5-3-4-10-19-15/h3-7,10H,8-9,11-12H2,1-2H3,(H,20,24). The number of aromatic nitrogens is 4. The van der Waals surface area contributed by atoms with Crippen LogP contribution in [0.2, 0.25) is 0 Å². The number of carbonyl (C=O) groups excluding carboxylic acids is 1. The highest BCUT2D eigenvalue weighted by atomic mass is 16.5. The van der Waals surface area contributed by atoms with E-state index in [1.807, 2.05) is 32.0 Å². The van der Waals surface area contributed by atoms with E-state index in [1.165, 1.54) is 11.4 Å². The van der Waals surface area contributed by atoms with Crippen molar-refractivity contribution in [2.75, 3.05) is 6.54 Å². The van der Waals surface area contributed by atoms with Crippen molar-refractivity contribution in [1.82, 2.24) is 25.0 Å². The Labute approximate surface area is 146 Å². The van der Waals surface area contributed by atoms with Crippen LogP contribution in [-0.2, 0) is 17.8 Å². The molecule has 1 amide bonds. The number of rotatable bonds is 7. The van der Waals surface area contributed by atoms with Gasteiger partial charge in [-0.05, 0) is 38.1 Å². The Kier molecular flexibility index (Phi) is 5.23.